The largest absolute Gasteiger partial charge is 0.402 e. The first-order chi connectivity index (χ1) is 11.8. The second kappa shape index (κ2) is 6.56. The molecule has 0 fully saturated rings. The average Bonchev–Trinajstić information content (AvgIpc) is 2.92. The van der Waals surface area contributed by atoms with Gasteiger partial charge in [0.15, 0.2) is 5.70 Å². The van der Waals surface area contributed by atoms with Crippen LogP contribution in [-0.4, -0.2) is 16.8 Å². The van der Waals surface area contributed by atoms with Crippen LogP contribution in [0, 0.1) is 22.9 Å². The van der Waals surface area contributed by atoms with Gasteiger partial charge in [0.25, 0.3) is 5.69 Å². The van der Waals surface area contributed by atoms with E-state index in [0.29, 0.717) is 15.6 Å². The molecule has 0 aromatic heterocycles. The molecule has 1 heterocycles. The van der Waals surface area contributed by atoms with Crippen LogP contribution in [0.2, 0.25) is 0 Å². The summed E-state index contributed by atoms with van der Waals surface area (Å²) in [6.07, 6.45) is 1.26. The van der Waals surface area contributed by atoms with Crippen LogP contribution in [0.25, 0.3) is 6.08 Å². The summed E-state index contributed by atoms with van der Waals surface area (Å²) in [5, 5.41) is 11.0. The topological polar surface area (TPSA) is 81.8 Å². The summed E-state index contributed by atoms with van der Waals surface area (Å²) in [5.74, 6) is -1.33. The number of aliphatic imine (C=N–C) groups is 1. The Bertz CT molecular complexity index is 969. The van der Waals surface area contributed by atoms with E-state index in [2.05, 4.69) is 20.9 Å². The molecule has 0 aliphatic carbocycles. The minimum absolute atomic E-state index is 0.0604. The molecular formula is C17H10BrFN2O4. The van der Waals surface area contributed by atoms with Crippen molar-refractivity contribution in [2.24, 2.45) is 4.99 Å². The van der Waals surface area contributed by atoms with Crippen molar-refractivity contribution >= 4 is 39.6 Å². The minimum atomic E-state index is -0.752. The second-order valence-corrected chi connectivity index (χ2v) is 6.18. The molecular weight excluding hydrogens is 395 g/mol. The lowest BCUT2D eigenvalue weighted by atomic mass is 10.1. The molecule has 0 saturated carbocycles. The number of nitro groups is 1. The summed E-state index contributed by atoms with van der Waals surface area (Å²) < 4.78 is 19.5. The molecule has 0 spiro atoms. The highest BCUT2D eigenvalue weighted by Gasteiger charge is 2.26. The Labute approximate surface area is 149 Å². The molecule has 3 rings (SSSR count). The van der Waals surface area contributed by atoms with E-state index in [1.165, 1.54) is 30.3 Å². The molecule has 2 aromatic rings. The summed E-state index contributed by atoms with van der Waals surface area (Å²) >= 11 is 3.23. The summed E-state index contributed by atoms with van der Waals surface area (Å²) in [5.41, 5.74) is 0.748. The van der Waals surface area contributed by atoms with Crippen molar-refractivity contribution in [3.63, 3.8) is 0 Å². The van der Waals surface area contributed by atoms with E-state index < -0.39 is 16.7 Å². The van der Waals surface area contributed by atoms with E-state index in [4.69, 9.17) is 4.74 Å². The Morgan fingerprint density at radius 3 is 2.76 bits per heavy atom. The lowest BCUT2D eigenvalue weighted by Crippen LogP contribution is -2.06. The van der Waals surface area contributed by atoms with E-state index in [1.807, 2.05) is 0 Å². The maximum atomic E-state index is 13.8. The zero-order chi connectivity index (χ0) is 18.1. The SMILES string of the molecule is Cc1ccc(C2=NC(=Cc3cc(Br)ccc3F)C(=O)O2)cc1[N+](=O)[O-]. The van der Waals surface area contributed by atoms with E-state index in [0.717, 1.165) is 0 Å². The van der Waals surface area contributed by atoms with Crippen LogP contribution in [0.5, 0.6) is 0 Å². The predicted molar refractivity (Wildman–Crippen MR) is 92.5 cm³/mol. The number of rotatable bonds is 3. The molecule has 2 aromatic carbocycles. The number of nitrogens with zero attached hydrogens (tertiary/aromatic N) is 2. The molecule has 0 amide bonds. The Morgan fingerprint density at radius 2 is 2.04 bits per heavy atom. The summed E-state index contributed by atoms with van der Waals surface area (Å²) in [7, 11) is 0. The van der Waals surface area contributed by atoms with E-state index in [9.17, 15) is 19.3 Å². The highest BCUT2D eigenvalue weighted by Crippen LogP contribution is 2.25. The fourth-order valence-electron chi connectivity index (χ4n) is 2.24. The average molecular weight is 405 g/mol. The number of aryl methyl sites for hydroxylation is 1. The van der Waals surface area contributed by atoms with Crippen LogP contribution in [0.4, 0.5) is 10.1 Å². The van der Waals surface area contributed by atoms with Gasteiger partial charge in [-0.1, -0.05) is 22.0 Å². The summed E-state index contributed by atoms with van der Waals surface area (Å²) in [6, 6.07) is 8.68. The van der Waals surface area contributed by atoms with Gasteiger partial charge < -0.3 is 4.74 Å². The van der Waals surface area contributed by atoms with Gasteiger partial charge in [-0.2, -0.15) is 0 Å². The Morgan fingerprint density at radius 1 is 1.28 bits per heavy atom. The van der Waals surface area contributed by atoms with Crippen LogP contribution in [0.1, 0.15) is 16.7 Å². The third-order valence-electron chi connectivity index (χ3n) is 3.52. The first-order valence-corrected chi connectivity index (χ1v) is 7.87. The third kappa shape index (κ3) is 3.48. The number of hydrogen-bond donors (Lipinski definition) is 0. The number of benzene rings is 2. The fourth-order valence-corrected chi connectivity index (χ4v) is 2.62. The van der Waals surface area contributed by atoms with Gasteiger partial charge in [0.2, 0.25) is 5.90 Å². The Balaban J connectivity index is 2.01. The molecule has 1 aliphatic rings. The van der Waals surface area contributed by atoms with Crippen LogP contribution in [0.15, 0.2) is 51.6 Å². The van der Waals surface area contributed by atoms with Gasteiger partial charge in [-0.15, -0.1) is 0 Å². The van der Waals surface area contributed by atoms with Crippen LogP contribution < -0.4 is 0 Å². The summed E-state index contributed by atoms with van der Waals surface area (Å²) in [4.78, 5) is 26.5. The molecule has 25 heavy (non-hydrogen) atoms. The maximum absolute atomic E-state index is 13.8. The van der Waals surface area contributed by atoms with Crippen molar-refractivity contribution in [2.75, 3.05) is 0 Å². The number of hydrogen-bond acceptors (Lipinski definition) is 5. The van der Waals surface area contributed by atoms with Crippen LogP contribution >= 0.6 is 15.9 Å². The second-order valence-electron chi connectivity index (χ2n) is 5.26. The van der Waals surface area contributed by atoms with Gasteiger partial charge in [-0.3, -0.25) is 10.1 Å². The van der Waals surface area contributed by atoms with Gasteiger partial charge in [0.05, 0.1) is 4.92 Å². The molecule has 0 atom stereocenters. The van der Waals surface area contributed by atoms with Crippen molar-refractivity contribution in [3.05, 3.63) is 79.2 Å². The first-order valence-electron chi connectivity index (χ1n) is 7.08. The molecule has 0 bridgehead atoms. The van der Waals surface area contributed by atoms with Crippen LogP contribution in [-0.2, 0) is 9.53 Å². The van der Waals surface area contributed by atoms with E-state index in [1.54, 1.807) is 19.1 Å². The minimum Gasteiger partial charge on any atom is -0.402 e. The van der Waals surface area contributed by atoms with Crippen molar-refractivity contribution in [1.82, 2.24) is 0 Å². The number of cyclic esters (lactones) is 1. The normalized spacial score (nSPS) is 15.2. The number of nitro benzene ring substituents is 1. The lowest BCUT2D eigenvalue weighted by molar-refractivity contribution is -0.385. The first kappa shape index (κ1) is 17.0. The molecule has 126 valence electrons. The molecule has 6 nitrogen and oxygen atoms in total. The predicted octanol–water partition coefficient (Wildman–Crippen LogP) is 4.15. The van der Waals surface area contributed by atoms with Crippen LogP contribution in [0.3, 0.4) is 0 Å². The molecule has 0 N–H and O–H groups in total. The number of esters is 1. The number of halogens is 2. The smallest absolute Gasteiger partial charge is 0.363 e. The summed E-state index contributed by atoms with van der Waals surface area (Å²) in [6.45, 7) is 1.60. The highest BCUT2D eigenvalue weighted by atomic mass is 79.9. The molecule has 0 saturated heterocycles. The van der Waals surface area contributed by atoms with Gasteiger partial charge in [-0.05, 0) is 37.3 Å². The maximum Gasteiger partial charge on any atom is 0.363 e. The molecule has 0 unspecified atom stereocenters. The molecule has 8 heteroatoms. The zero-order valence-corrected chi connectivity index (χ0v) is 14.4. The van der Waals surface area contributed by atoms with Gasteiger partial charge >= 0.3 is 5.97 Å². The van der Waals surface area contributed by atoms with Gasteiger partial charge in [0.1, 0.15) is 5.82 Å². The zero-order valence-electron chi connectivity index (χ0n) is 12.8. The third-order valence-corrected chi connectivity index (χ3v) is 4.02. The number of ether oxygens (including phenoxy) is 1. The Hall–Kier alpha value is -2.87. The van der Waals surface area contributed by atoms with Crippen molar-refractivity contribution in [2.45, 2.75) is 6.92 Å². The highest BCUT2D eigenvalue weighted by molar-refractivity contribution is 9.10. The van der Waals surface area contributed by atoms with E-state index in [-0.39, 0.29) is 22.8 Å². The van der Waals surface area contributed by atoms with Crippen molar-refractivity contribution < 1.29 is 18.8 Å². The number of carbonyl (C=O) groups excluding carboxylic acids is 1. The fraction of sp³-hybridized carbons (Fsp3) is 0.0588. The molecule has 0 radical (unpaired) electrons. The van der Waals surface area contributed by atoms with Gasteiger partial charge in [-0.25, -0.2) is 14.2 Å². The lowest BCUT2D eigenvalue weighted by Gasteiger charge is -2.01. The standard InChI is InChI=1S/C17H10BrFN2O4/c1-9-2-3-10(8-15(9)21(23)24)16-20-14(17(22)25-16)7-11-6-12(18)4-5-13(11)19/h2-8H,1H3. The van der Waals surface area contributed by atoms with Crippen molar-refractivity contribution in [1.29, 1.82) is 0 Å². The number of carbonyl (C=O) groups is 1. The monoisotopic (exact) mass is 404 g/mol. The Kier molecular flexibility index (Phi) is 4.45. The molecule has 1 aliphatic heterocycles. The quantitative estimate of drug-likeness (QED) is 0.333. The van der Waals surface area contributed by atoms with E-state index >= 15 is 0 Å². The van der Waals surface area contributed by atoms with Crippen molar-refractivity contribution in [3.8, 4) is 0 Å². The van der Waals surface area contributed by atoms with Gasteiger partial charge in [0, 0.05) is 27.2 Å².